The minimum atomic E-state index is -0.574. The standard InChI is InChI=1S/CHClFN3S/c2-6-5-4-1(3)7-6/h5H. The topological polar surface area (TPSA) is 27.6 Å². The molecule has 6 heteroatoms. The second kappa shape index (κ2) is 1.85. The van der Waals surface area contributed by atoms with Crippen molar-refractivity contribution in [1.29, 1.82) is 0 Å². The zero-order chi connectivity index (χ0) is 5.28. The van der Waals surface area contributed by atoms with Gasteiger partial charge < -0.3 is 0 Å². The third-order valence-electron chi connectivity index (χ3n) is 0.372. The number of nitrogens with zero attached hydrogens (tertiary/aromatic N) is 2. The number of hydrogen-bond acceptors (Lipinski definition) is 4. The Hall–Kier alpha value is -0.000000000000000167. The van der Waals surface area contributed by atoms with Crippen LogP contribution in [0.25, 0.3) is 0 Å². The molecule has 0 saturated heterocycles. The fourth-order valence-electron chi connectivity index (χ4n) is 0.186. The highest BCUT2D eigenvalue weighted by Gasteiger charge is 2.12. The van der Waals surface area contributed by atoms with Gasteiger partial charge in [0.05, 0.1) is 11.9 Å². The highest BCUT2D eigenvalue weighted by atomic mass is 35.5. The Kier molecular flexibility index (Phi) is 1.36. The van der Waals surface area contributed by atoms with Crippen molar-refractivity contribution in [3.05, 3.63) is 0 Å². The van der Waals surface area contributed by atoms with Gasteiger partial charge in [-0.1, -0.05) is 0 Å². The van der Waals surface area contributed by atoms with E-state index in [2.05, 4.69) is 10.6 Å². The first-order valence-corrected chi connectivity index (χ1v) is 2.53. The lowest BCUT2D eigenvalue weighted by molar-refractivity contribution is 0.560. The van der Waals surface area contributed by atoms with E-state index in [9.17, 15) is 4.39 Å². The summed E-state index contributed by atoms with van der Waals surface area (Å²) < 4.78 is 12.6. The summed E-state index contributed by atoms with van der Waals surface area (Å²) in [5.41, 5.74) is 2.14. The minimum Gasteiger partial charge on any atom is -0.212 e. The predicted molar refractivity (Wildman–Crippen MR) is 27.0 cm³/mol. The van der Waals surface area contributed by atoms with Gasteiger partial charge >= 0.3 is 0 Å². The van der Waals surface area contributed by atoms with E-state index in [0.717, 1.165) is 3.93 Å². The lowest BCUT2D eigenvalue weighted by Crippen LogP contribution is -2.10. The van der Waals surface area contributed by atoms with Crippen molar-refractivity contribution in [3.63, 3.8) is 0 Å². The first kappa shape index (κ1) is 5.14. The van der Waals surface area contributed by atoms with E-state index < -0.39 is 5.30 Å². The van der Waals surface area contributed by atoms with E-state index in [0.29, 0.717) is 11.9 Å². The SMILES string of the molecule is FC1=NNN(Cl)S1. The average molecular weight is 142 g/mol. The Morgan fingerprint density at radius 1 is 2.00 bits per heavy atom. The fraction of sp³-hybridized carbons (Fsp3) is 0. The smallest absolute Gasteiger partial charge is 0.212 e. The molecule has 7 heavy (non-hydrogen) atoms. The van der Waals surface area contributed by atoms with Crippen molar-refractivity contribution in [2.24, 2.45) is 5.10 Å². The second-order valence-electron chi connectivity index (χ2n) is 0.801. The zero-order valence-corrected chi connectivity index (χ0v) is 4.63. The van der Waals surface area contributed by atoms with Crippen LogP contribution >= 0.6 is 23.7 Å². The average Bonchev–Trinajstić information content (AvgIpc) is 1.87. The Morgan fingerprint density at radius 3 is 2.86 bits per heavy atom. The normalized spacial score (nSPS) is 21.7. The van der Waals surface area contributed by atoms with Crippen molar-refractivity contribution < 1.29 is 4.39 Å². The monoisotopic (exact) mass is 141 g/mol. The number of nitrogens with one attached hydrogen (secondary N) is 1. The van der Waals surface area contributed by atoms with Crippen molar-refractivity contribution in [2.45, 2.75) is 0 Å². The molecule has 40 valence electrons. The molecule has 0 aromatic heterocycles. The molecule has 1 N–H and O–H groups in total. The highest BCUT2D eigenvalue weighted by Crippen LogP contribution is 2.17. The second-order valence-corrected chi connectivity index (χ2v) is 2.22. The molecule has 0 unspecified atom stereocenters. The van der Waals surface area contributed by atoms with Crippen LogP contribution in [0.1, 0.15) is 0 Å². The van der Waals surface area contributed by atoms with Crippen LogP contribution in [0, 0.1) is 0 Å². The van der Waals surface area contributed by atoms with E-state index in [-0.39, 0.29) is 0 Å². The lowest BCUT2D eigenvalue weighted by Gasteiger charge is -1.94. The van der Waals surface area contributed by atoms with Crippen LogP contribution in [-0.2, 0) is 0 Å². The molecule has 0 radical (unpaired) electrons. The van der Waals surface area contributed by atoms with Crippen molar-refractivity contribution in [3.8, 4) is 0 Å². The number of hydrazine groups is 1. The summed E-state index contributed by atoms with van der Waals surface area (Å²) in [4.78, 5) is 0. The van der Waals surface area contributed by atoms with Gasteiger partial charge in [-0.25, -0.2) is 5.53 Å². The van der Waals surface area contributed by atoms with Crippen molar-refractivity contribution >= 4 is 29.0 Å². The molecule has 0 aliphatic carbocycles. The molecule has 0 aromatic carbocycles. The summed E-state index contributed by atoms with van der Waals surface area (Å²) in [6, 6.07) is 0. The van der Waals surface area contributed by atoms with E-state index in [1.54, 1.807) is 0 Å². The Labute approximate surface area is 48.7 Å². The quantitative estimate of drug-likeness (QED) is 0.400. The molecular formula is CHClFN3S. The molecule has 0 saturated carbocycles. The molecule has 0 atom stereocenters. The lowest BCUT2D eigenvalue weighted by atomic mass is 11.6. The van der Waals surface area contributed by atoms with Gasteiger partial charge in [0.2, 0.25) is 0 Å². The Bertz CT molecular complexity index is 105. The summed E-state index contributed by atoms with van der Waals surface area (Å²) in [7, 11) is 0. The van der Waals surface area contributed by atoms with E-state index in [4.69, 9.17) is 11.8 Å². The van der Waals surface area contributed by atoms with Crippen LogP contribution in [-0.4, -0.2) is 9.23 Å². The maximum Gasteiger partial charge on any atom is 0.283 e. The third kappa shape index (κ3) is 1.19. The van der Waals surface area contributed by atoms with Crippen LogP contribution < -0.4 is 5.53 Å². The first-order valence-electron chi connectivity index (χ1n) is 1.42. The third-order valence-corrected chi connectivity index (χ3v) is 1.14. The number of hydrazone groups is 1. The zero-order valence-electron chi connectivity index (χ0n) is 3.06. The molecule has 0 spiro atoms. The van der Waals surface area contributed by atoms with Gasteiger partial charge in [-0.15, -0.1) is 5.10 Å². The van der Waals surface area contributed by atoms with Crippen molar-refractivity contribution in [2.75, 3.05) is 0 Å². The van der Waals surface area contributed by atoms with Crippen LogP contribution in [0.15, 0.2) is 5.10 Å². The van der Waals surface area contributed by atoms with Crippen LogP contribution in [0.5, 0.6) is 0 Å². The molecule has 1 heterocycles. The Morgan fingerprint density at radius 2 is 2.71 bits per heavy atom. The van der Waals surface area contributed by atoms with Gasteiger partial charge in [0.1, 0.15) is 0 Å². The van der Waals surface area contributed by atoms with Gasteiger partial charge in [-0.2, -0.15) is 4.39 Å². The maximum absolute atomic E-state index is 11.7. The van der Waals surface area contributed by atoms with E-state index in [1.807, 2.05) is 0 Å². The van der Waals surface area contributed by atoms with E-state index in [1.165, 1.54) is 0 Å². The number of halogens is 2. The molecule has 0 aromatic rings. The highest BCUT2D eigenvalue weighted by molar-refractivity contribution is 8.12. The largest absolute Gasteiger partial charge is 0.283 e. The molecule has 1 aliphatic heterocycles. The predicted octanol–water partition coefficient (Wildman–Crippen LogP) is 0.849. The van der Waals surface area contributed by atoms with Gasteiger partial charge in [-0.3, -0.25) is 0 Å². The van der Waals surface area contributed by atoms with Gasteiger partial charge in [0, 0.05) is 11.8 Å². The Balaban J connectivity index is 2.42. The van der Waals surface area contributed by atoms with Crippen LogP contribution in [0.3, 0.4) is 0 Å². The molecule has 1 rings (SSSR count). The van der Waals surface area contributed by atoms with Crippen LogP contribution in [0.2, 0.25) is 0 Å². The summed E-state index contributed by atoms with van der Waals surface area (Å²) >= 11 is 5.83. The molecule has 1 aliphatic rings. The molecule has 3 nitrogen and oxygen atoms in total. The fourth-order valence-corrected chi connectivity index (χ4v) is 0.690. The molecule has 0 fully saturated rings. The maximum atomic E-state index is 11.7. The van der Waals surface area contributed by atoms with Gasteiger partial charge in [-0.05, 0) is 3.93 Å². The number of hydrogen-bond donors (Lipinski definition) is 1. The van der Waals surface area contributed by atoms with Crippen molar-refractivity contribution in [1.82, 2.24) is 9.47 Å². The van der Waals surface area contributed by atoms with Crippen LogP contribution in [0.4, 0.5) is 4.39 Å². The first-order chi connectivity index (χ1) is 3.29. The molecule has 0 bridgehead atoms. The molecule has 0 amide bonds. The van der Waals surface area contributed by atoms with Gasteiger partial charge in [0.25, 0.3) is 5.30 Å². The summed E-state index contributed by atoms with van der Waals surface area (Å²) in [6.07, 6.45) is 0. The molecular weight excluding hydrogens is 141 g/mol. The minimum absolute atomic E-state index is 0.574. The summed E-state index contributed by atoms with van der Waals surface area (Å²) in [6.45, 7) is 0. The summed E-state index contributed by atoms with van der Waals surface area (Å²) in [5.74, 6) is 0. The van der Waals surface area contributed by atoms with E-state index >= 15 is 0 Å². The summed E-state index contributed by atoms with van der Waals surface area (Å²) in [5, 5.41) is 2.50. The number of rotatable bonds is 0. The van der Waals surface area contributed by atoms with Gasteiger partial charge in [0.15, 0.2) is 0 Å².